The number of aromatic nitrogens is 3. The largest absolute Gasteiger partial charge is 0.573 e. The van der Waals surface area contributed by atoms with Gasteiger partial charge in [0.1, 0.15) is 12.1 Å². The topological polar surface area (TPSA) is 102 Å². The van der Waals surface area contributed by atoms with Gasteiger partial charge >= 0.3 is 12.4 Å². The summed E-state index contributed by atoms with van der Waals surface area (Å²) < 4.78 is 42.6. The quantitative estimate of drug-likeness (QED) is 0.273. The molecule has 43 heavy (non-hydrogen) atoms. The molecule has 2 heterocycles. The van der Waals surface area contributed by atoms with Gasteiger partial charge in [0, 0.05) is 17.5 Å². The number of nitrogens with zero attached hydrogens (tertiary/aromatic N) is 5. The number of carbonyl (C=O) groups is 2. The summed E-state index contributed by atoms with van der Waals surface area (Å²) in [6.07, 6.45) is -1.75. The van der Waals surface area contributed by atoms with E-state index >= 15 is 0 Å². The molecule has 2 unspecified atom stereocenters. The first-order chi connectivity index (χ1) is 20.7. The number of amides is 3. The van der Waals surface area contributed by atoms with Crippen molar-refractivity contribution in [3.63, 3.8) is 0 Å². The molecule has 3 aromatic carbocycles. The highest BCUT2D eigenvalue weighted by Crippen LogP contribution is 2.41. The SMILES string of the molecule is CCc1ccccc1N1C(=O)CS/C1=N\C(=O)NC1CC1c1ccc(-c2ncn(-c3ccc(OC(F)(F)F)cc3)n2)cc1. The van der Waals surface area contributed by atoms with Crippen LogP contribution in [-0.2, 0) is 11.2 Å². The van der Waals surface area contributed by atoms with Gasteiger partial charge in [0.15, 0.2) is 11.0 Å². The van der Waals surface area contributed by atoms with Crippen molar-refractivity contribution in [2.45, 2.75) is 38.1 Å². The molecule has 4 aromatic rings. The lowest BCUT2D eigenvalue weighted by atomic mass is 10.1. The summed E-state index contributed by atoms with van der Waals surface area (Å²) in [4.78, 5) is 35.5. The van der Waals surface area contributed by atoms with Crippen molar-refractivity contribution < 1.29 is 27.5 Å². The summed E-state index contributed by atoms with van der Waals surface area (Å²) in [6, 6.07) is 20.1. The zero-order valence-corrected chi connectivity index (χ0v) is 23.6. The number of hydrogen-bond acceptors (Lipinski definition) is 6. The van der Waals surface area contributed by atoms with Crippen molar-refractivity contribution in [3.05, 3.63) is 90.3 Å². The third-order valence-corrected chi connectivity index (χ3v) is 8.02. The van der Waals surface area contributed by atoms with Crippen LogP contribution in [0.4, 0.5) is 23.7 Å². The molecule has 1 saturated heterocycles. The van der Waals surface area contributed by atoms with Crippen molar-refractivity contribution in [2.24, 2.45) is 4.99 Å². The maximum Gasteiger partial charge on any atom is 0.573 e. The van der Waals surface area contributed by atoms with Gasteiger partial charge in [-0.1, -0.05) is 61.2 Å². The Labute approximate surface area is 248 Å². The molecule has 2 fully saturated rings. The van der Waals surface area contributed by atoms with E-state index in [1.54, 1.807) is 0 Å². The van der Waals surface area contributed by atoms with Crippen molar-refractivity contribution in [2.75, 3.05) is 10.7 Å². The molecule has 1 aliphatic heterocycles. The second-order valence-corrected chi connectivity index (χ2v) is 10.9. The highest BCUT2D eigenvalue weighted by atomic mass is 32.2. The summed E-state index contributed by atoms with van der Waals surface area (Å²) in [5, 5.41) is 7.76. The first-order valence-corrected chi connectivity index (χ1v) is 14.5. The number of ether oxygens (including phenoxy) is 1. The summed E-state index contributed by atoms with van der Waals surface area (Å²) in [5.41, 5.74) is 4.10. The summed E-state index contributed by atoms with van der Waals surface area (Å²) in [6.45, 7) is 2.02. The van der Waals surface area contributed by atoms with Crippen molar-refractivity contribution in [3.8, 4) is 22.8 Å². The molecule has 0 spiro atoms. The maximum absolute atomic E-state index is 12.8. The first-order valence-electron chi connectivity index (χ1n) is 13.5. The van der Waals surface area contributed by atoms with E-state index < -0.39 is 12.4 Å². The number of anilines is 1. The number of nitrogens with one attached hydrogen (secondary N) is 1. The van der Waals surface area contributed by atoms with Crippen LogP contribution in [0.5, 0.6) is 5.75 Å². The molecule has 1 aromatic heterocycles. The van der Waals surface area contributed by atoms with E-state index in [-0.39, 0.29) is 29.4 Å². The second-order valence-electron chi connectivity index (χ2n) is 9.97. The third kappa shape index (κ3) is 6.41. The van der Waals surface area contributed by atoms with Gasteiger partial charge in [0.2, 0.25) is 5.91 Å². The highest BCUT2D eigenvalue weighted by molar-refractivity contribution is 8.15. The second kappa shape index (κ2) is 11.6. The highest BCUT2D eigenvalue weighted by Gasteiger charge is 2.40. The number of alkyl halides is 3. The Morgan fingerprint density at radius 1 is 1.09 bits per heavy atom. The molecular weight excluding hydrogens is 581 g/mol. The Bertz CT molecular complexity index is 1690. The van der Waals surface area contributed by atoms with Gasteiger partial charge in [-0.2, -0.15) is 4.99 Å². The van der Waals surface area contributed by atoms with Crippen LogP contribution in [0.2, 0.25) is 0 Å². The van der Waals surface area contributed by atoms with E-state index in [1.165, 1.54) is 51.9 Å². The zero-order valence-electron chi connectivity index (χ0n) is 22.8. The molecule has 0 radical (unpaired) electrons. The normalized spacial score (nSPS) is 19.1. The number of aryl methyl sites for hydroxylation is 1. The van der Waals surface area contributed by atoms with Gasteiger partial charge in [0.05, 0.1) is 17.1 Å². The fourth-order valence-electron chi connectivity index (χ4n) is 4.91. The van der Waals surface area contributed by atoms with Gasteiger partial charge in [-0.25, -0.2) is 14.5 Å². The van der Waals surface area contributed by atoms with Crippen LogP contribution < -0.4 is 15.0 Å². The average molecular weight is 607 g/mol. The number of benzene rings is 3. The minimum atomic E-state index is -4.76. The number of halogens is 3. The number of thioether (sulfide) groups is 1. The number of hydrogen-bond donors (Lipinski definition) is 1. The van der Waals surface area contributed by atoms with Crippen LogP contribution in [0.15, 0.2) is 84.1 Å². The van der Waals surface area contributed by atoms with E-state index in [2.05, 4.69) is 25.1 Å². The van der Waals surface area contributed by atoms with Gasteiger partial charge < -0.3 is 10.1 Å². The van der Waals surface area contributed by atoms with E-state index in [1.807, 2.05) is 55.5 Å². The third-order valence-electron chi connectivity index (χ3n) is 7.10. The number of para-hydroxylation sites is 1. The fraction of sp³-hybridized carbons (Fsp3) is 0.233. The average Bonchev–Trinajstić information content (AvgIpc) is 3.39. The first kappa shape index (κ1) is 28.5. The lowest BCUT2D eigenvalue weighted by Crippen LogP contribution is -2.32. The van der Waals surface area contributed by atoms with Crippen LogP contribution in [0.25, 0.3) is 17.1 Å². The number of rotatable bonds is 7. The molecule has 1 N–H and O–H groups in total. The molecule has 9 nitrogen and oxygen atoms in total. The minimum Gasteiger partial charge on any atom is -0.406 e. The van der Waals surface area contributed by atoms with E-state index in [0.717, 1.165) is 35.2 Å². The molecule has 3 amide bonds. The predicted molar refractivity (Wildman–Crippen MR) is 156 cm³/mol. The molecule has 1 aliphatic carbocycles. The van der Waals surface area contributed by atoms with E-state index in [4.69, 9.17) is 0 Å². The molecule has 2 atom stereocenters. The molecule has 2 aliphatic rings. The molecule has 1 saturated carbocycles. The predicted octanol–water partition coefficient (Wildman–Crippen LogP) is 6.10. The standard InChI is InChI=1S/C30H25F3N6O3S/c1-2-18-5-3-4-6-25(18)39-26(40)16-43-29(39)36-28(41)35-24-15-23(24)19-7-9-20(10-8-19)27-34-17-38(37-27)21-11-13-22(14-12-21)42-30(31,32)33/h3-14,17,23-24H,2,15-16H2,1H3,(H,35,41)/b36-29-. The van der Waals surface area contributed by atoms with Crippen LogP contribution in [0.1, 0.15) is 30.4 Å². The van der Waals surface area contributed by atoms with Gasteiger partial charge in [-0.05, 0) is 54.3 Å². The van der Waals surface area contributed by atoms with Crippen molar-refractivity contribution in [1.82, 2.24) is 20.1 Å². The maximum atomic E-state index is 12.8. The Morgan fingerprint density at radius 3 is 2.56 bits per heavy atom. The Kier molecular flexibility index (Phi) is 7.65. The number of urea groups is 1. The van der Waals surface area contributed by atoms with E-state index in [9.17, 15) is 22.8 Å². The number of amidine groups is 1. The lowest BCUT2D eigenvalue weighted by molar-refractivity contribution is -0.274. The van der Waals surface area contributed by atoms with Crippen LogP contribution in [0, 0.1) is 0 Å². The molecular formula is C30H25F3N6O3S. The Balaban J connectivity index is 1.07. The molecule has 220 valence electrons. The van der Waals surface area contributed by atoms with Crippen molar-refractivity contribution >= 4 is 34.6 Å². The minimum absolute atomic E-state index is 0.0668. The van der Waals surface area contributed by atoms with Gasteiger partial charge in [-0.3, -0.25) is 9.69 Å². The van der Waals surface area contributed by atoms with Crippen molar-refractivity contribution in [1.29, 1.82) is 0 Å². The number of aliphatic imine (C=N–C) groups is 1. The molecule has 6 rings (SSSR count). The van der Waals surface area contributed by atoms with Gasteiger partial charge in [0.25, 0.3) is 0 Å². The zero-order chi connectivity index (χ0) is 30.1. The molecule has 13 heteroatoms. The lowest BCUT2D eigenvalue weighted by Gasteiger charge is -2.19. The number of carbonyl (C=O) groups excluding carboxylic acids is 2. The summed E-state index contributed by atoms with van der Waals surface area (Å²) >= 11 is 1.25. The summed E-state index contributed by atoms with van der Waals surface area (Å²) in [5.74, 6) is 0.405. The monoisotopic (exact) mass is 606 g/mol. The van der Waals surface area contributed by atoms with Crippen LogP contribution in [0.3, 0.4) is 0 Å². The fourth-order valence-corrected chi connectivity index (χ4v) is 5.77. The van der Waals surface area contributed by atoms with E-state index in [0.29, 0.717) is 16.7 Å². The smallest absolute Gasteiger partial charge is 0.406 e. The van der Waals surface area contributed by atoms with Crippen LogP contribution >= 0.6 is 11.8 Å². The van der Waals surface area contributed by atoms with Gasteiger partial charge in [-0.15, -0.1) is 18.3 Å². The summed E-state index contributed by atoms with van der Waals surface area (Å²) in [7, 11) is 0. The Morgan fingerprint density at radius 2 is 1.84 bits per heavy atom. The Hall–Kier alpha value is -4.65. The van der Waals surface area contributed by atoms with Crippen LogP contribution in [-0.4, -0.2) is 50.0 Å². The molecule has 0 bridgehead atoms.